The highest BCUT2D eigenvalue weighted by molar-refractivity contribution is 5.32. The number of hydrogen-bond donors (Lipinski definition) is 1. The van der Waals surface area contributed by atoms with E-state index in [0.29, 0.717) is 11.7 Å². The van der Waals surface area contributed by atoms with Crippen molar-refractivity contribution >= 4 is 0 Å². The van der Waals surface area contributed by atoms with E-state index < -0.39 is 0 Å². The van der Waals surface area contributed by atoms with E-state index in [1.807, 2.05) is 24.3 Å². The second-order valence-electron chi connectivity index (χ2n) is 4.60. The molecule has 0 saturated carbocycles. The van der Waals surface area contributed by atoms with Gasteiger partial charge in [0, 0.05) is 12.5 Å². The van der Waals surface area contributed by atoms with Crippen molar-refractivity contribution in [3.05, 3.63) is 42.5 Å². The van der Waals surface area contributed by atoms with Gasteiger partial charge in [-0.15, -0.1) is 6.58 Å². The van der Waals surface area contributed by atoms with Gasteiger partial charge in [-0.25, -0.2) is 0 Å². The van der Waals surface area contributed by atoms with Crippen LogP contribution in [0.2, 0.25) is 0 Å². The molecule has 2 atom stereocenters. The fourth-order valence-corrected chi connectivity index (χ4v) is 2.12. The topological polar surface area (TPSA) is 23.5 Å². The molecule has 0 radical (unpaired) electrons. The molecule has 0 heterocycles. The third-order valence-corrected chi connectivity index (χ3v) is 2.78. The van der Waals surface area contributed by atoms with Gasteiger partial charge in [-0.1, -0.05) is 25.1 Å². The minimum Gasteiger partial charge on any atom is -0.508 e. The number of phenolic OH excluding ortho intramolecular Hbond substituents is 1. The number of benzene rings is 1. The molecule has 2 nitrogen and oxygen atoms in total. The third-order valence-electron chi connectivity index (χ3n) is 2.78. The maximum absolute atomic E-state index is 9.48. The molecule has 0 aliphatic heterocycles. The second-order valence-corrected chi connectivity index (χ2v) is 4.60. The van der Waals surface area contributed by atoms with Crippen LogP contribution < -0.4 is 0 Å². The van der Waals surface area contributed by atoms with Crippen LogP contribution in [-0.2, 0) is 0 Å². The summed E-state index contributed by atoms with van der Waals surface area (Å²) in [7, 11) is 4.14. The molecule has 0 bridgehead atoms. The molecule has 88 valence electrons. The Labute approximate surface area is 98.2 Å². The van der Waals surface area contributed by atoms with Gasteiger partial charge in [0.15, 0.2) is 0 Å². The summed E-state index contributed by atoms with van der Waals surface area (Å²) in [4.78, 5) is 2.17. The van der Waals surface area contributed by atoms with E-state index in [2.05, 4.69) is 32.5 Å². The molecule has 0 fully saturated rings. The molecule has 0 saturated heterocycles. The Morgan fingerprint density at radius 3 is 2.62 bits per heavy atom. The van der Waals surface area contributed by atoms with E-state index in [4.69, 9.17) is 0 Å². The van der Waals surface area contributed by atoms with Gasteiger partial charge in [0.05, 0.1) is 0 Å². The number of hydrogen-bond acceptors (Lipinski definition) is 2. The number of rotatable bonds is 5. The highest BCUT2D eigenvalue weighted by atomic mass is 16.3. The quantitative estimate of drug-likeness (QED) is 0.770. The summed E-state index contributed by atoms with van der Waals surface area (Å²) in [5, 5.41) is 9.48. The summed E-state index contributed by atoms with van der Waals surface area (Å²) in [5.74, 6) is 1.09. The monoisotopic (exact) mass is 219 g/mol. The van der Waals surface area contributed by atoms with Crippen molar-refractivity contribution in [3.63, 3.8) is 0 Å². The summed E-state index contributed by atoms with van der Waals surface area (Å²) in [5.41, 5.74) is 1.13. The van der Waals surface area contributed by atoms with E-state index in [9.17, 15) is 5.11 Å². The maximum atomic E-state index is 9.48. The Morgan fingerprint density at radius 1 is 1.44 bits per heavy atom. The molecule has 1 aromatic carbocycles. The number of nitrogens with zero attached hydrogens (tertiary/aromatic N) is 1. The van der Waals surface area contributed by atoms with Crippen LogP contribution in [0.1, 0.15) is 18.4 Å². The van der Waals surface area contributed by atoms with Crippen molar-refractivity contribution < 1.29 is 5.11 Å². The highest BCUT2D eigenvalue weighted by Gasteiger charge is 2.16. The second kappa shape index (κ2) is 5.71. The lowest BCUT2D eigenvalue weighted by molar-refractivity contribution is 0.323. The van der Waals surface area contributed by atoms with Gasteiger partial charge in [0.25, 0.3) is 0 Å². The first-order valence-electron chi connectivity index (χ1n) is 5.60. The van der Waals surface area contributed by atoms with Crippen LogP contribution in [0.25, 0.3) is 0 Å². The molecule has 2 heteroatoms. The molecule has 1 unspecified atom stereocenters. The SMILES string of the molecule is C=CC(c1cccc(O)c1)[C@@H](C)CN(C)C. The molecule has 1 rings (SSSR count). The van der Waals surface area contributed by atoms with Crippen LogP contribution in [0.3, 0.4) is 0 Å². The number of aromatic hydroxyl groups is 1. The number of phenols is 1. The van der Waals surface area contributed by atoms with Gasteiger partial charge in [0.2, 0.25) is 0 Å². The van der Waals surface area contributed by atoms with Gasteiger partial charge in [-0.05, 0) is 37.7 Å². The van der Waals surface area contributed by atoms with E-state index >= 15 is 0 Å². The summed E-state index contributed by atoms with van der Waals surface area (Å²) in [6.45, 7) is 7.11. The van der Waals surface area contributed by atoms with Gasteiger partial charge in [-0.2, -0.15) is 0 Å². The largest absolute Gasteiger partial charge is 0.508 e. The molecule has 0 aliphatic rings. The van der Waals surface area contributed by atoms with Crippen LogP contribution in [0, 0.1) is 5.92 Å². The Bertz CT molecular complexity index is 346. The lowest BCUT2D eigenvalue weighted by Crippen LogP contribution is -2.23. The van der Waals surface area contributed by atoms with Crippen molar-refractivity contribution in [2.45, 2.75) is 12.8 Å². The zero-order valence-corrected chi connectivity index (χ0v) is 10.4. The minimum atomic E-state index is 0.287. The molecule has 1 aromatic rings. The summed E-state index contributed by atoms with van der Waals surface area (Å²) >= 11 is 0. The van der Waals surface area contributed by atoms with E-state index in [-0.39, 0.29) is 5.92 Å². The van der Waals surface area contributed by atoms with Crippen LogP contribution in [-0.4, -0.2) is 30.6 Å². The Morgan fingerprint density at radius 2 is 2.12 bits per heavy atom. The fraction of sp³-hybridized carbons (Fsp3) is 0.429. The standard InChI is InChI=1S/C14H21NO/c1-5-14(11(2)10-15(3)4)12-7-6-8-13(16)9-12/h5-9,11,14,16H,1,10H2,2-4H3/t11-,14?/m0/s1. The van der Waals surface area contributed by atoms with Crippen molar-refractivity contribution in [1.29, 1.82) is 0 Å². The Kier molecular flexibility index (Phi) is 4.56. The first kappa shape index (κ1) is 12.8. The molecule has 1 N–H and O–H groups in total. The lowest BCUT2D eigenvalue weighted by Gasteiger charge is -2.24. The lowest BCUT2D eigenvalue weighted by atomic mass is 9.87. The molecule has 16 heavy (non-hydrogen) atoms. The maximum Gasteiger partial charge on any atom is 0.115 e. The number of allylic oxidation sites excluding steroid dienone is 1. The molecule has 0 spiro atoms. The predicted molar refractivity (Wildman–Crippen MR) is 68.8 cm³/mol. The van der Waals surface area contributed by atoms with Crippen molar-refractivity contribution in [3.8, 4) is 5.75 Å². The molecule has 0 amide bonds. The zero-order chi connectivity index (χ0) is 12.1. The smallest absolute Gasteiger partial charge is 0.115 e. The average molecular weight is 219 g/mol. The van der Waals surface area contributed by atoms with Crippen molar-refractivity contribution in [1.82, 2.24) is 4.90 Å². The summed E-state index contributed by atoms with van der Waals surface area (Å²) < 4.78 is 0. The molecule has 0 aliphatic carbocycles. The average Bonchev–Trinajstić information content (AvgIpc) is 2.17. The zero-order valence-electron chi connectivity index (χ0n) is 10.4. The summed E-state index contributed by atoms with van der Waals surface area (Å²) in [6.07, 6.45) is 1.96. The Balaban J connectivity index is 2.85. The van der Waals surface area contributed by atoms with Gasteiger partial charge in [-0.3, -0.25) is 0 Å². The van der Waals surface area contributed by atoms with Gasteiger partial charge in [0.1, 0.15) is 5.75 Å². The first-order chi connectivity index (χ1) is 7.54. The molecule has 0 aromatic heterocycles. The van der Waals surface area contributed by atoms with Crippen molar-refractivity contribution in [2.75, 3.05) is 20.6 Å². The normalized spacial score (nSPS) is 14.8. The minimum absolute atomic E-state index is 0.287. The third kappa shape index (κ3) is 3.38. The van der Waals surface area contributed by atoms with Gasteiger partial charge < -0.3 is 10.0 Å². The fourth-order valence-electron chi connectivity index (χ4n) is 2.12. The first-order valence-corrected chi connectivity index (χ1v) is 5.60. The summed E-state index contributed by atoms with van der Waals surface area (Å²) in [6, 6.07) is 7.43. The molecular formula is C14H21NO. The van der Waals surface area contributed by atoms with E-state index in [0.717, 1.165) is 12.1 Å². The predicted octanol–water partition coefficient (Wildman–Crippen LogP) is 2.86. The van der Waals surface area contributed by atoms with Gasteiger partial charge >= 0.3 is 0 Å². The highest BCUT2D eigenvalue weighted by Crippen LogP contribution is 2.28. The van der Waals surface area contributed by atoms with Crippen molar-refractivity contribution in [2.24, 2.45) is 5.92 Å². The van der Waals surface area contributed by atoms with E-state index in [1.54, 1.807) is 6.07 Å². The molecular weight excluding hydrogens is 198 g/mol. The van der Waals surface area contributed by atoms with Crippen LogP contribution in [0.4, 0.5) is 0 Å². The van der Waals surface area contributed by atoms with Crippen LogP contribution in [0.5, 0.6) is 5.75 Å². The van der Waals surface area contributed by atoms with E-state index in [1.165, 1.54) is 0 Å². The Hall–Kier alpha value is -1.28. The van der Waals surface area contributed by atoms with Crippen LogP contribution in [0.15, 0.2) is 36.9 Å². The van der Waals surface area contributed by atoms with Crippen LogP contribution >= 0.6 is 0 Å².